The van der Waals surface area contributed by atoms with Crippen molar-refractivity contribution in [3.8, 4) is 0 Å². The Balaban J connectivity index is 2.11. The summed E-state index contributed by atoms with van der Waals surface area (Å²) in [6.07, 6.45) is 6.52. The van der Waals surface area contributed by atoms with Crippen LogP contribution in [0.25, 0.3) is 0 Å². The number of aliphatic hydroxyl groups excluding tert-OH is 1. The highest BCUT2D eigenvalue weighted by molar-refractivity contribution is 4.78. The molecule has 1 fully saturated rings. The first-order valence-electron chi connectivity index (χ1n) is 6.30. The highest BCUT2D eigenvalue weighted by Gasteiger charge is 2.25. The molecule has 0 amide bonds. The van der Waals surface area contributed by atoms with Crippen molar-refractivity contribution in [2.45, 2.75) is 71.0 Å². The highest BCUT2D eigenvalue weighted by atomic mass is 16.3. The van der Waals surface area contributed by atoms with Crippen molar-refractivity contribution >= 4 is 0 Å². The predicted octanol–water partition coefficient (Wildman–Crippen LogP) is 2.72. The van der Waals surface area contributed by atoms with E-state index in [0.717, 1.165) is 24.7 Å². The van der Waals surface area contributed by atoms with Crippen LogP contribution in [0.4, 0.5) is 0 Å². The summed E-state index contributed by atoms with van der Waals surface area (Å²) in [7, 11) is 0. The van der Waals surface area contributed by atoms with Gasteiger partial charge in [0.25, 0.3) is 0 Å². The van der Waals surface area contributed by atoms with Gasteiger partial charge in [0.2, 0.25) is 0 Å². The summed E-state index contributed by atoms with van der Waals surface area (Å²) in [6.45, 7) is 5.68. The standard InChI is InChI=1S/C13H26O2/c1-10-7-8-11(9-10)5-4-6-12(14)13(2,3)15/h10-12,14-15H,4-9H2,1-3H3/t10-,11-,12?/m1/s1. The van der Waals surface area contributed by atoms with E-state index in [-0.39, 0.29) is 0 Å². The fraction of sp³-hybridized carbons (Fsp3) is 1.00. The maximum atomic E-state index is 9.66. The molecule has 1 saturated carbocycles. The fourth-order valence-corrected chi connectivity index (χ4v) is 2.54. The molecule has 1 unspecified atom stereocenters. The van der Waals surface area contributed by atoms with E-state index >= 15 is 0 Å². The monoisotopic (exact) mass is 214 g/mol. The van der Waals surface area contributed by atoms with E-state index < -0.39 is 11.7 Å². The van der Waals surface area contributed by atoms with E-state index in [1.807, 2.05) is 0 Å². The normalized spacial score (nSPS) is 29.4. The molecule has 2 N–H and O–H groups in total. The average molecular weight is 214 g/mol. The van der Waals surface area contributed by atoms with Gasteiger partial charge in [0, 0.05) is 0 Å². The lowest BCUT2D eigenvalue weighted by Crippen LogP contribution is -2.35. The minimum Gasteiger partial charge on any atom is -0.390 e. The lowest BCUT2D eigenvalue weighted by atomic mass is 9.93. The van der Waals surface area contributed by atoms with Gasteiger partial charge in [-0.3, -0.25) is 0 Å². The Morgan fingerprint density at radius 1 is 1.33 bits per heavy atom. The van der Waals surface area contributed by atoms with Crippen molar-refractivity contribution in [1.82, 2.24) is 0 Å². The second-order valence-corrected chi connectivity index (χ2v) is 5.88. The Kier molecular flexibility index (Phi) is 4.60. The fourth-order valence-electron chi connectivity index (χ4n) is 2.54. The summed E-state index contributed by atoms with van der Waals surface area (Å²) < 4.78 is 0. The van der Waals surface area contributed by atoms with E-state index in [0.29, 0.717) is 0 Å². The Hall–Kier alpha value is -0.0800. The SMILES string of the molecule is C[C@@H]1CC[C@@H](CCCC(O)C(C)(C)O)C1. The average Bonchev–Trinajstić information content (AvgIpc) is 2.49. The molecular weight excluding hydrogens is 188 g/mol. The first kappa shape index (κ1) is 13.0. The maximum absolute atomic E-state index is 9.66. The number of aliphatic hydroxyl groups is 2. The Bertz CT molecular complexity index is 183. The summed E-state index contributed by atoms with van der Waals surface area (Å²) in [5, 5.41) is 19.2. The molecule has 1 aliphatic carbocycles. The van der Waals surface area contributed by atoms with Gasteiger partial charge in [-0.05, 0) is 38.5 Å². The van der Waals surface area contributed by atoms with Gasteiger partial charge in [0.05, 0.1) is 11.7 Å². The molecule has 0 heterocycles. The van der Waals surface area contributed by atoms with Gasteiger partial charge in [-0.1, -0.05) is 32.6 Å². The first-order valence-corrected chi connectivity index (χ1v) is 6.30. The Morgan fingerprint density at radius 2 is 2.00 bits per heavy atom. The molecule has 0 aromatic rings. The van der Waals surface area contributed by atoms with Crippen LogP contribution in [0.1, 0.15) is 59.3 Å². The van der Waals surface area contributed by atoms with Crippen LogP contribution in [-0.2, 0) is 0 Å². The molecule has 0 saturated heterocycles. The number of rotatable bonds is 5. The zero-order chi connectivity index (χ0) is 11.5. The molecule has 3 atom stereocenters. The molecule has 0 bridgehead atoms. The Morgan fingerprint density at radius 3 is 2.47 bits per heavy atom. The summed E-state index contributed by atoms with van der Waals surface area (Å²) in [5.41, 5.74) is -0.942. The molecule has 0 radical (unpaired) electrons. The third kappa shape index (κ3) is 4.52. The molecule has 0 aliphatic heterocycles. The predicted molar refractivity (Wildman–Crippen MR) is 62.7 cm³/mol. The molecule has 90 valence electrons. The number of hydrogen-bond acceptors (Lipinski definition) is 2. The first-order chi connectivity index (χ1) is 6.89. The van der Waals surface area contributed by atoms with Crippen LogP contribution in [0, 0.1) is 11.8 Å². The summed E-state index contributed by atoms with van der Waals surface area (Å²) >= 11 is 0. The van der Waals surface area contributed by atoms with E-state index in [1.165, 1.54) is 25.7 Å². The minimum atomic E-state index is -0.942. The van der Waals surface area contributed by atoms with E-state index in [2.05, 4.69) is 6.92 Å². The summed E-state index contributed by atoms with van der Waals surface area (Å²) in [6, 6.07) is 0. The quantitative estimate of drug-likeness (QED) is 0.738. The topological polar surface area (TPSA) is 40.5 Å². The second kappa shape index (κ2) is 5.31. The molecule has 0 aromatic carbocycles. The molecule has 1 rings (SSSR count). The molecule has 0 spiro atoms. The van der Waals surface area contributed by atoms with Crippen LogP contribution in [-0.4, -0.2) is 21.9 Å². The van der Waals surface area contributed by atoms with Crippen LogP contribution in [0.15, 0.2) is 0 Å². The van der Waals surface area contributed by atoms with Crippen molar-refractivity contribution < 1.29 is 10.2 Å². The van der Waals surface area contributed by atoms with Gasteiger partial charge in [-0.25, -0.2) is 0 Å². The second-order valence-electron chi connectivity index (χ2n) is 5.88. The van der Waals surface area contributed by atoms with Gasteiger partial charge < -0.3 is 10.2 Å². The lowest BCUT2D eigenvalue weighted by molar-refractivity contribution is -0.0525. The Labute approximate surface area is 93.7 Å². The molecule has 0 aromatic heterocycles. The van der Waals surface area contributed by atoms with Crippen molar-refractivity contribution in [1.29, 1.82) is 0 Å². The van der Waals surface area contributed by atoms with E-state index in [4.69, 9.17) is 0 Å². The van der Waals surface area contributed by atoms with Crippen LogP contribution in [0.2, 0.25) is 0 Å². The molecule has 2 nitrogen and oxygen atoms in total. The van der Waals surface area contributed by atoms with Crippen LogP contribution in [0.5, 0.6) is 0 Å². The third-order valence-electron chi connectivity index (χ3n) is 3.71. The van der Waals surface area contributed by atoms with Gasteiger partial charge in [-0.2, -0.15) is 0 Å². The lowest BCUT2D eigenvalue weighted by Gasteiger charge is -2.24. The van der Waals surface area contributed by atoms with E-state index in [1.54, 1.807) is 13.8 Å². The van der Waals surface area contributed by atoms with Gasteiger partial charge in [0.1, 0.15) is 0 Å². The highest BCUT2D eigenvalue weighted by Crippen LogP contribution is 2.33. The van der Waals surface area contributed by atoms with Crippen molar-refractivity contribution in [2.24, 2.45) is 11.8 Å². The molecule has 15 heavy (non-hydrogen) atoms. The number of hydrogen-bond donors (Lipinski definition) is 2. The summed E-state index contributed by atoms with van der Waals surface area (Å²) in [4.78, 5) is 0. The van der Waals surface area contributed by atoms with Gasteiger partial charge >= 0.3 is 0 Å². The largest absolute Gasteiger partial charge is 0.390 e. The van der Waals surface area contributed by atoms with Crippen molar-refractivity contribution in [2.75, 3.05) is 0 Å². The van der Waals surface area contributed by atoms with Crippen molar-refractivity contribution in [3.05, 3.63) is 0 Å². The zero-order valence-corrected chi connectivity index (χ0v) is 10.4. The van der Waals surface area contributed by atoms with Crippen LogP contribution in [0.3, 0.4) is 0 Å². The van der Waals surface area contributed by atoms with Crippen LogP contribution < -0.4 is 0 Å². The summed E-state index contributed by atoms with van der Waals surface area (Å²) in [5.74, 6) is 1.77. The van der Waals surface area contributed by atoms with Gasteiger partial charge in [0.15, 0.2) is 0 Å². The molecular formula is C13H26O2. The minimum absolute atomic E-state index is 0.573. The van der Waals surface area contributed by atoms with E-state index in [9.17, 15) is 10.2 Å². The molecule has 1 aliphatic rings. The maximum Gasteiger partial charge on any atom is 0.0849 e. The third-order valence-corrected chi connectivity index (χ3v) is 3.71. The van der Waals surface area contributed by atoms with Crippen LogP contribution >= 0.6 is 0 Å². The molecule has 2 heteroatoms. The van der Waals surface area contributed by atoms with Crippen molar-refractivity contribution in [3.63, 3.8) is 0 Å². The zero-order valence-electron chi connectivity index (χ0n) is 10.4. The smallest absolute Gasteiger partial charge is 0.0849 e. The van der Waals surface area contributed by atoms with Gasteiger partial charge in [-0.15, -0.1) is 0 Å².